The first-order chi connectivity index (χ1) is 10.5. The van der Waals surface area contributed by atoms with Gasteiger partial charge in [0.2, 0.25) is 11.8 Å². The van der Waals surface area contributed by atoms with Crippen molar-refractivity contribution < 1.29 is 19.1 Å². The lowest BCUT2D eigenvalue weighted by molar-refractivity contribution is -0.157. The fraction of sp³-hybridized carbons (Fsp3) is 0.438. The highest BCUT2D eigenvalue weighted by atomic mass is 16.5. The Labute approximate surface area is 129 Å². The average Bonchev–Trinajstić information content (AvgIpc) is 2.54. The fourth-order valence-corrected chi connectivity index (χ4v) is 2.50. The van der Waals surface area contributed by atoms with Crippen molar-refractivity contribution in [3.8, 4) is 0 Å². The Morgan fingerprint density at radius 2 is 1.95 bits per heavy atom. The van der Waals surface area contributed by atoms with Crippen molar-refractivity contribution in [2.24, 2.45) is 5.92 Å². The number of carbonyl (C=O) groups is 3. The molecule has 1 unspecified atom stereocenters. The zero-order valence-electron chi connectivity index (χ0n) is 12.9. The first-order valence-electron chi connectivity index (χ1n) is 7.18. The van der Waals surface area contributed by atoms with Crippen LogP contribution in [-0.4, -0.2) is 41.9 Å². The van der Waals surface area contributed by atoms with E-state index < -0.39 is 24.0 Å². The van der Waals surface area contributed by atoms with Gasteiger partial charge in [0.25, 0.3) is 0 Å². The van der Waals surface area contributed by atoms with Crippen LogP contribution in [-0.2, 0) is 25.7 Å². The summed E-state index contributed by atoms with van der Waals surface area (Å²) in [4.78, 5) is 37.9. The van der Waals surface area contributed by atoms with Crippen molar-refractivity contribution in [1.82, 2.24) is 10.2 Å². The zero-order chi connectivity index (χ0) is 16.3. The normalized spacial score (nSPS) is 23.0. The summed E-state index contributed by atoms with van der Waals surface area (Å²) in [5.41, 5.74) is 0.932. The molecule has 0 aliphatic carbocycles. The van der Waals surface area contributed by atoms with Crippen LogP contribution in [0.5, 0.6) is 0 Å². The third kappa shape index (κ3) is 3.10. The van der Waals surface area contributed by atoms with Crippen LogP contribution < -0.4 is 5.32 Å². The second-order valence-corrected chi connectivity index (χ2v) is 5.43. The number of methoxy groups -OCH3 is 1. The maximum absolute atomic E-state index is 12.7. The molecular weight excluding hydrogens is 284 g/mol. The van der Waals surface area contributed by atoms with Crippen molar-refractivity contribution in [3.63, 3.8) is 0 Å². The minimum Gasteiger partial charge on any atom is -0.469 e. The van der Waals surface area contributed by atoms with Crippen LogP contribution in [0.4, 0.5) is 0 Å². The van der Waals surface area contributed by atoms with Gasteiger partial charge in [-0.25, -0.2) is 0 Å². The fourth-order valence-electron chi connectivity index (χ4n) is 2.50. The van der Waals surface area contributed by atoms with Crippen molar-refractivity contribution in [2.45, 2.75) is 32.5 Å². The van der Waals surface area contributed by atoms with Crippen LogP contribution >= 0.6 is 0 Å². The van der Waals surface area contributed by atoms with Gasteiger partial charge in [-0.1, -0.05) is 30.3 Å². The van der Waals surface area contributed by atoms with E-state index in [1.807, 2.05) is 30.3 Å². The molecule has 1 heterocycles. The summed E-state index contributed by atoms with van der Waals surface area (Å²) < 4.78 is 4.67. The number of hydrogen-bond donors (Lipinski definition) is 1. The minimum atomic E-state index is -0.889. The summed E-state index contributed by atoms with van der Waals surface area (Å²) >= 11 is 0. The molecule has 118 valence electrons. The monoisotopic (exact) mass is 304 g/mol. The Morgan fingerprint density at radius 3 is 2.55 bits per heavy atom. The maximum Gasteiger partial charge on any atom is 0.311 e. The van der Waals surface area contributed by atoms with E-state index in [2.05, 4.69) is 10.1 Å². The number of rotatable bonds is 4. The van der Waals surface area contributed by atoms with Crippen LogP contribution in [0.3, 0.4) is 0 Å². The molecule has 0 radical (unpaired) electrons. The quantitative estimate of drug-likeness (QED) is 0.831. The summed E-state index contributed by atoms with van der Waals surface area (Å²) in [7, 11) is 1.26. The number of hydrogen-bond acceptors (Lipinski definition) is 4. The minimum absolute atomic E-state index is 0.267. The number of benzene rings is 1. The predicted octanol–water partition coefficient (Wildman–Crippen LogP) is 0.711. The summed E-state index contributed by atoms with van der Waals surface area (Å²) in [5, 5.41) is 2.62. The van der Waals surface area contributed by atoms with Crippen molar-refractivity contribution in [2.75, 3.05) is 7.11 Å². The van der Waals surface area contributed by atoms with E-state index >= 15 is 0 Å². The van der Waals surface area contributed by atoms with Crippen LogP contribution in [0.2, 0.25) is 0 Å². The Balaban J connectivity index is 2.22. The van der Waals surface area contributed by atoms with Crippen molar-refractivity contribution in [3.05, 3.63) is 35.9 Å². The molecule has 0 aromatic heterocycles. The number of piperazine rings is 1. The highest BCUT2D eigenvalue weighted by Crippen LogP contribution is 2.19. The number of esters is 1. The molecule has 22 heavy (non-hydrogen) atoms. The molecule has 1 saturated heterocycles. The molecule has 6 nitrogen and oxygen atoms in total. The molecule has 6 heteroatoms. The van der Waals surface area contributed by atoms with Gasteiger partial charge in [-0.2, -0.15) is 0 Å². The lowest BCUT2D eigenvalue weighted by atomic mass is 9.96. The molecule has 2 amide bonds. The standard InChI is InChI=1S/C16H20N2O4/c1-10(16(21)22-3)13-15(20)18(11(2)14(19)17-13)9-12-7-5-4-6-8-12/h4-8,10-11,13H,9H2,1-3H3,(H,17,19)/t10?,11-,13+/m1/s1. The average molecular weight is 304 g/mol. The molecule has 1 aromatic rings. The molecule has 1 N–H and O–H groups in total. The van der Waals surface area contributed by atoms with E-state index in [0.29, 0.717) is 6.54 Å². The molecule has 1 aromatic carbocycles. The summed E-state index contributed by atoms with van der Waals surface area (Å²) in [6.45, 7) is 3.58. The number of amides is 2. The predicted molar refractivity (Wildman–Crippen MR) is 79.6 cm³/mol. The Hall–Kier alpha value is -2.37. The van der Waals surface area contributed by atoms with Gasteiger partial charge < -0.3 is 15.0 Å². The highest BCUT2D eigenvalue weighted by molar-refractivity contribution is 5.99. The molecule has 0 spiro atoms. The molecule has 1 aliphatic heterocycles. The van der Waals surface area contributed by atoms with Crippen molar-refractivity contribution >= 4 is 17.8 Å². The summed E-state index contributed by atoms with van der Waals surface area (Å²) in [6.07, 6.45) is 0. The summed E-state index contributed by atoms with van der Waals surface area (Å²) in [6, 6.07) is 7.97. The maximum atomic E-state index is 12.7. The lowest BCUT2D eigenvalue weighted by Crippen LogP contribution is -2.64. The number of carbonyl (C=O) groups excluding carboxylic acids is 3. The van der Waals surface area contributed by atoms with E-state index in [9.17, 15) is 14.4 Å². The third-order valence-electron chi connectivity index (χ3n) is 3.96. The molecule has 3 atom stereocenters. The van der Waals surface area contributed by atoms with E-state index in [1.54, 1.807) is 13.8 Å². The van der Waals surface area contributed by atoms with Crippen LogP contribution in [0.1, 0.15) is 19.4 Å². The van der Waals surface area contributed by atoms with Crippen LogP contribution in [0, 0.1) is 5.92 Å². The van der Waals surface area contributed by atoms with E-state index in [4.69, 9.17) is 0 Å². The topological polar surface area (TPSA) is 75.7 Å². The first kappa shape index (κ1) is 16.0. The van der Waals surface area contributed by atoms with Gasteiger partial charge in [-0.15, -0.1) is 0 Å². The first-order valence-corrected chi connectivity index (χ1v) is 7.18. The second-order valence-electron chi connectivity index (χ2n) is 5.43. The third-order valence-corrected chi connectivity index (χ3v) is 3.96. The largest absolute Gasteiger partial charge is 0.469 e. The van der Waals surface area contributed by atoms with E-state index in [1.165, 1.54) is 12.0 Å². The smallest absolute Gasteiger partial charge is 0.311 e. The van der Waals surface area contributed by atoms with Crippen molar-refractivity contribution in [1.29, 1.82) is 0 Å². The van der Waals surface area contributed by atoms with Gasteiger partial charge in [0.1, 0.15) is 12.1 Å². The number of nitrogens with one attached hydrogen (secondary N) is 1. The summed E-state index contributed by atoms with van der Waals surface area (Å²) in [5.74, 6) is -1.79. The Morgan fingerprint density at radius 1 is 1.32 bits per heavy atom. The van der Waals surface area contributed by atoms with Gasteiger partial charge in [-0.3, -0.25) is 14.4 Å². The molecular formula is C16H20N2O4. The van der Waals surface area contributed by atoms with Gasteiger partial charge in [0, 0.05) is 6.54 Å². The second kappa shape index (κ2) is 6.60. The molecule has 2 rings (SSSR count). The van der Waals surface area contributed by atoms with Crippen LogP contribution in [0.15, 0.2) is 30.3 Å². The number of ether oxygens (including phenoxy) is 1. The van der Waals surface area contributed by atoms with E-state index in [-0.39, 0.29) is 11.8 Å². The van der Waals surface area contributed by atoms with Gasteiger partial charge in [-0.05, 0) is 19.4 Å². The molecule has 0 saturated carbocycles. The Kier molecular flexibility index (Phi) is 4.80. The van der Waals surface area contributed by atoms with Gasteiger partial charge >= 0.3 is 5.97 Å². The van der Waals surface area contributed by atoms with Gasteiger partial charge in [0.15, 0.2) is 0 Å². The molecule has 1 fully saturated rings. The van der Waals surface area contributed by atoms with E-state index in [0.717, 1.165) is 5.56 Å². The number of nitrogens with zero attached hydrogens (tertiary/aromatic N) is 1. The van der Waals surface area contributed by atoms with Gasteiger partial charge in [0.05, 0.1) is 13.0 Å². The SMILES string of the molecule is COC(=O)C(C)[C@@H]1NC(=O)[C@@H](C)N(Cc2ccccc2)C1=O. The molecule has 1 aliphatic rings. The lowest BCUT2D eigenvalue weighted by Gasteiger charge is -2.38. The molecule has 0 bridgehead atoms. The Bertz CT molecular complexity index is 573. The van der Waals surface area contributed by atoms with Crippen LogP contribution in [0.25, 0.3) is 0 Å². The zero-order valence-corrected chi connectivity index (χ0v) is 12.9. The highest BCUT2D eigenvalue weighted by Gasteiger charge is 2.42.